The summed E-state index contributed by atoms with van der Waals surface area (Å²) in [5.41, 5.74) is 4.80. The van der Waals surface area contributed by atoms with Crippen molar-refractivity contribution >= 4 is 28.5 Å². The van der Waals surface area contributed by atoms with E-state index in [-0.39, 0.29) is 6.04 Å². The van der Waals surface area contributed by atoms with Crippen LogP contribution in [0.5, 0.6) is 5.75 Å². The van der Waals surface area contributed by atoms with Gasteiger partial charge in [0.1, 0.15) is 5.75 Å². The maximum atomic E-state index is 6.35. The van der Waals surface area contributed by atoms with Crippen molar-refractivity contribution in [3.05, 3.63) is 82.8 Å². The molecule has 2 aliphatic heterocycles. The second-order valence-electron chi connectivity index (χ2n) is 10.1. The number of halogens is 1. The molecule has 37 heavy (non-hydrogen) atoms. The number of fused-ring (bicyclic) bond motifs is 3. The maximum absolute atomic E-state index is 6.35. The largest absolute Gasteiger partial charge is 0.494 e. The van der Waals surface area contributed by atoms with Crippen molar-refractivity contribution in [3.8, 4) is 5.75 Å². The highest BCUT2D eigenvalue weighted by molar-refractivity contribution is 6.31. The second-order valence-corrected chi connectivity index (χ2v) is 10.6. The normalized spacial score (nSPS) is 18.2. The first-order valence-corrected chi connectivity index (χ1v) is 13.9. The smallest absolute Gasteiger partial charge is 0.226 e. The van der Waals surface area contributed by atoms with Crippen LogP contribution in [-0.2, 0) is 6.42 Å². The van der Waals surface area contributed by atoms with Crippen molar-refractivity contribution in [1.29, 1.82) is 0 Å². The van der Waals surface area contributed by atoms with Gasteiger partial charge in [0.15, 0.2) is 0 Å². The Bertz CT molecular complexity index is 1320. The number of aromatic nitrogens is 3. The molecule has 2 aromatic heterocycles. The van der Waals surface area contributed by atoms with Crippen LogP contribution in [0.25, 0.3) is 10.9 Å². The number of anilines is 1. The molecule has 2 aliphatic rings. The van der Waals surface area contributed by atoms with Crippen LogP contribution < -0.4 is 9.64 Å². The molecule has 4 heterocycles. The zero-order valence-corrected chi connectivity index (χ0v) is 22.0. The number of aromatic amines is 1. The average Bonchev–Trinajstić information content (AvgIpc) is 3.31. The average molecular weight is 516 g/mol. The van der Waals surface area contributed by atoms with Gasteiger partial charge in [0, 0.05) is 40.6 Å². The Morgan fingerprint density at radius 2 is 1.76 bits per heavy atom. The minimum absolute atomic E-state index is 0.0177. The highest BCUT2D eigenvalue weighted by atomic mass is 35.5. The molecular formula is C30H34ClN5O. The van der Waals surface area contributed by atoms with Gasteiger partial charge in [-0.2, -0.15) is 0 Å². The van der Waals surface area contributed by atoms with Crippen LogP contribution in [-0.4, -0.2) is 52.6 Å². The van der Waals surface area contributed by atoms with E-state index >= 15 is 0 Å². The SMILES string of the molecule is Clc1ccc2[nH]c3c(c2c1)CCN(c1ncccn1)[C@H]3c1ccc(OCCCCN2CCCCC2)cc1. The third kappa shape index (κ3) is 5.32. The topological polar surface area (TPSA) is 57.3 Å². The molecular weight excluding hydrogens is 482 g/mol. The zero-order valence-electron chi connectivity index (χ0n) is 21.2. The van der Waals surface area contributed by atoms with E-state index in [2.05, 4.69) is 61.1 Å². The van der Waals surface area contributed by atoms with Crippen molar-refractivity contribution in [3.63, 3.8) is 0 Å². The van der Waals surface area contributed by atoms with E-state index in [0.29, 0.717) is 0 Å². The van der Waals surface area contributed by atoms with Crippen molar-refractivity contribution in [2.24, 2.45) is 0 Å². The Labute approximate surface area is 223 Å². The minimum atomic E-state index is -0.0177. The van der Waals surface area contributed by atoms with Crippen LogP contribution in [0, 0.1) is 0 Å². The van der Waals surface area contributed by atoms with Gasteiger partial charge in [-0.15, -0.1) is 0 Å². The van der Waals surface area contributed by atoms with Gasteiger partial charge in [-0.05, 0) is 99.3 Å². The Morgan fingerprint density at radius 3 is 2.57 bits per heavy atom. The summed E-state index contributed by atoms with van der Waals surface area (Å²) in [6.45, 7) is 5.31. The quantitative estimate of drug-likeness (QED) is 0.275. The van der Waals surface area contributed by atoms with Gasteiger partial charge in [-0.3, -0.25) is 0 Å². The molecule has 6 rings (SSSR count). The molecule has 0 unspecified atom stereocenters. The fourth-order valence-electron chi connectivity index (χ4n) is 5.82. The Balaban J connectivity index is 1.19. The van der Waals surface area contributed by atoms with Crippen LogP contribution in [0.15, 0.2) is 60.9 Å². The molecule has 1 saturated heterocycles. The van der Waals surface area contributed by atoms with Gasteiger partial charge >= 0.3 is 0 Å². The number of likely N-dealkylation sites (tertiary alicyclic amines) is 1. The lowest BCUT2D eigenvalue weighted by molar-refractivity contribution is 0.216. The van der Waals surface area contributed by atoms with E-state index in [0.717, 1.165) is 48.2 Å². The lowest BCUT2D eigenvalue weighted by atomic mass is 9.92. The molecule has 2 aromatic carbocycles. The number of nitrogens with zero attached hydrogens (tertiary/aromatic N) is 4. The molecule has 0 radical (unpaired) electrons. The summed E-state index contributed by atoms with van der Waals surface area (Å²) in [5, 5.41) is 1.96. The number of piperidine rings is 1. The molecule has 1 atom stereocenters. The third-order valence-electron chi connectivity index (χ3n) is 7.68. The first kappa shape index (κ1) is 24.3. The lowest BCUT2D eigenvalue weighted by Crippen LogP contribution is -2.37. The van der Waals surface area contributed by atoms with Gasteiger partial charge < -0.3 is 19.5 Å². The van der Waals surface area contributed by atoms with Crippen LogP contribution in [0.3, 0.4) is 0 Å². The fourth-order valence-corrected chi connectivity index (χ4v) is 5.99. The van der Waals surface area contributed by atoms with Crippen LogP contribution in [0.4, 0.5) is 5.95 Å². The molecule has 6 nitrogen and oxygen atoms in total. The standard InChI is InChI=1S/C30H34ClN5O/c31-23-9-12-27-26(21-23)25-13-19-36(30-32-14-6-15-33-30)29(28(25)34-27)22-7-10-24(11-8-22)37-20-5-4-18-35-16-2-1-3-17-35/h6-12,14-15,21,29,34H,1-5,13,16-20H2/t29-/m0/s1. The summed E-state index contributed by atoms with van der Waals surface area (Å²) in [4.78, 5) is 17.7. The number of unbranched alkanes of at least 4 members (excludes halogenated alkanes) is 1. The Kier molecular flexibility index (Phi) is 7.29. The van der Waals surface area contributed by atoms with E-state index in [1.54, 1.807) is 0 Å². The van der Waals surface area contributed by atoms with Gasteiger partial charge in [0.2, 0.25) is 5.95 Å². The first-order chi connectivity index (χ1) is 18.3. The maximum Gasteiger partial charge on any atom is 0.226 e. The molecule has 0 spiro atoms. The fraction of sp³-hybridized carbons (Fsp3) is 0.400. The van der Waals surface area contributed by atoms with E-state index < -0.39 is 0 Å². The lowest BCUT2D eigenvalue weighted by Gasteiger charge is -2.36. The number of rotatable bonds is 8. The van der Waals surface area contributed by atoms with Gasteiger partial charge in [0.05, 0.1) is 12.6 Å². The molecule has 0 aliphatic carbocycles. The highest BCUT2D eigenvalue weighted by Crippen LogP contribution is 2.40. The van der Waals surface area contributed by atoms with E-state index in [1.807, 2.05) is 24.5 Å². The van der Waals surface area contributed by atoms with Crippen molar-refractivity contribution < 1.29 is 4.74 Å². The monoisotopic (exact) mass is 515 g/mol. The Hall–Kier alpha value is -3.09. The molecule has 1 fully saturated rings. The number of hydrogen-bond acceptors (Lipinski definition) is 5. The number of hydrogen-bond donors (Lipinski definition) is 1. The number of ether oxygens (including phenoxy) is 1. The zero-order chi connectivity index (χ0) is 25.0. The van der Waals surface area contributed by atoms with Gasteiger partial charge in [-0.25, -0.2) is 9.97 Å². The van der Waals surface area contributed by atoms with Crippen molar-refractivity contribution in [1.82, 2.24) is 19.9 Å². The minimum Gasteiger partial charge on any atom is -0.494 e. The van der Waals surface area contributed by atoms with Crippen molar-refractivity contribution in [2.75, 3.05) is 37.7 Å². The second kappa shape index (κ2) is 11.1. The highest BCUT2D eigenvalue weighted by Gasteiger charge is 2.33. The predicted molar refractivity (Wildman–Crippen MR) is 150 cm³/mol. The van der Waals surface area contributed by atoms with Crippen LogP contribution in [0.2, 0.25) is 5.02 Å². The van der Waals surface area contributed by atoms with Crippen LogP contribution in [0.1, 0.15) is 55.0 Å². The van der Waals surface area contributed by atoms with Crippen LogP contribution >= 0.6 is 11.6 Å². The molecule has 0 bridgehead atoms. The summed E-state index contributed by atoms with van der Waals surface area (Å²) in [5.74, 6) is 1.66. The summed E-state index contributed by atoms with van der Waals surface area (Å²) in [7, 11) is 0. The first-order valence-electron chi connectivity index (χ1n) is 13.5. The predicted octanol–water partition coefficient (Wildman–Crippen LogP) is 6.41. The number of nitrogens with one attached hydrogen (secondary N) is 1. The summed E-state index contributed by atoms with van der Waals surface area (Å²) in [6, 6.07) is 16.5. The molecule has 7 heteroatoms. The van der Waals surface area contributed by atoms with E-state index in [1.165, 1.54) is 67.5 Å². The van der Waals surface area contributed by atoms with Gasteiger partial charge in [0.25, 0.3) is 0 Å². The molecule has 192 valence electrons. The summed E-state index contributed by atoms with van der Waals surface area (Å²) < 4.78 is 6.10. The van der Waals surface area contributed by atoms with Gasteiger partial charge in [-0.1, -0.05) is 30.2 Å². The van der Waals surface area contributed by atoms with E-state index in [9.17, 15) is 0 Å². The summed E-state index contributed by atoms with van der Waals surface area (Å²) >= 11 is 6.35. The molecule has 4 aromatic rings. The molecule has 1 N–H and O–H groups in total. The van der Waals surface area contributed by atoms with Crippen molar-refractivity contribution in [2.45, 2.75) is 44.6 Å². The van der Waals surface area contributed by atoms with E-state index in [4.69, 9.17) is 16.3 Å². The number of H-pyrrole nitrogens is 1. The third-order valence-corrected chi connectivity index (χ3v) is 7.92. The summed E-state index contributed by atoms with van der Waals surface area (Å²) in [6.07, 6.45) is 10.9. The molecule has 0 amide bonds. The Morgan fingerprint density at radius 1 is 0.946 bits per heavy atom. The molecule has 0 saturated carbocycles. The number of benzene rings is 2.